The molecule has 4 aromatic rings. The van der Waals surface area contributed by atoms with Gasteiger partial charge in [0.25, 0.3) is 0 Å². The van der Waals surface area contributed by atoms with E-state index in [-0.39, 0.29) is 18.1 Å². The Hall–Kier alpha value is -3.17. The van der Waals surface area contributed by atoms with E-state index in [0.717, 1.165) is 29.0 Å². The van der Waals surface area contributed by atoms with E-state index in [1.807, 2.05) is 30.3 Å². The highest BCUT2D eigenvalue weighted by atomic mass is 35.5. The molecule has 0 aliphatic rings. The van der Waals surface area contributed by atoms with Crippen molar-refractivity contribution in [2.45, 2.75) is 19.7 Å². The van der Waals surface area contributed by atoms with Crippen molar-refractivity contribution in [2.75, 3.05) is 5.32 Å². The van der Waals surface area contributed by atoms with E-state index in [1.165, 1.54) is 12.4 Å². The van der Waals surface area contributed by atoms with Gasteiger partial charge in [-0.25, -0.2) is 14.8 Å². The lowest BCUT2D eigenvalue weighted by Crippen LogP contribution is -2.07. The van der Waals surface area contributed by atoms with Gasteiger partial charge in [-0.05, 0) is 36.2 Å². The van der Waals surface area contributed by atoms with E-state index in [1.54, 1.807) is 6.92 Å². The average molecular weight is 478 g/mol. The number of carbonyl (C=O) groups is 1. The smallest absolute Gasteiger partial charge is 0.417 e. The maximum absolute atomic E-state index is 13.2. The fraction of sp³-hybridized carbons (Fsp3) is 0.136. The van der Waals surface area contributed by atoms with Crippen LogP contribution in [-0.4, -0.2) is 15.9 Å². The van der Waals surface area contributed by atoms with Crippen LogP contribution < -0.4 is 5.32 Å². The molecule has 2 heterocycles. The molecule has 5 nitrogen and oxygen atoms in total. The quantitative estimate of drug-likeness (QED) is 0.321. The number of benzene rings is 2. The van der Waals surface area contributed by atoms with E-state index in [9.17, 15) is 18.0 Å². The number of nitrogens with zero attached hydrogens (tertiary/aromatic N) is 2. The van der Waals surface area contributed by atoms with Gasteiger partial charge in [0, 0.05) is 5.69 Å². The van der Waals surface area contributed by atoms with Gasteiger partial charge >= 0.3 is 12.1 Å². The summed E-state index contributed by atoms with van der Waals surface area (Å²) in [6.45, 7) is 1.84. The molecule has 0 saturated heterocycles. The molecule has 0 aliphatic carbocycles. The minimum atomic E-state index is -4.59. The number of halogens is 4. The molecule has 0 spiro atoms. The number of esters is 1. The molecule has 0 aliphatic heterocycles. The minimum absolute atomic E-state index is 0.120. The summed E-state index contributed by atoms with van der Waals surface area (Å²) in [6.07, 6.45) is -3.32. The van der Waals surface area contributed by atoms with E-state index < -0.39 is 22.7 Å². The van der Waals surface area contributed by atoms with Crippen molar-refractivity contribution in [3.63, 3.8) is 0 Å². The second-order valence-corrected chi connectivity index (χ2v) is 8.24. The van der Waals surface area contributed by atoms with Crippen molar-refractivity contribution in [3.05, 3.63) is 81.4 Å². The van der Waals surface area contributed by atoms with Gasteiger partial charge in [-0.3, -0.25) is 0 Å². The van der Waals surface area contributed by atoms with E-state index in [2.05, 4.69) is 15.3 Å². The van der Waals surface area contributed by atoms with Crippen LogP contribution in [0.2, 0.25) is 5.02 Å². The van der Waals surface area contributed by atoms with Crippen LogP contribution in [-0.2, 0) is 17.5 Å². The Bertz CT molecular complexity index is 1290. The number of ether oxygens (including phenoxy) is 1. The minimum Gasteiger partial charge on any atom is -0.457 e. The van der Waals surface area contributed by atoms with Crippen molar-refractivity contribution in [3.8, 4) is 0 Å². The standard InChI is InChI=1S/C22H15ClF3N3O2S/c1-12-17-19(29-14-7-8-16(23)15(9-14)22(24,25)26)27-11-28-20(17)32-18(12)21(30)31-10-13-5-3-2-4-6-13/h2-9,11H,10H2,1H3,(H,27,28,29). The molecule has 0 bridgehead atoms. The Balaban J connectivity index is 1.63. The van der Waals surface area contributed by atoms with Gasteiger partial charge in [-0.2, -0.15) is 13.2 Å². The Morgan fingerprint density at radius 3 is 2.62 bits per heavy atom. The third kappa shape index (κ3) is 4.53. The lowest BCUT2D eigenvalue weighted by molar-refractivity contribution is -0.137. The largest absolute Gasteiger partial charge is 0.457 e. The molecule has 0 amide bonds. The summed E-state index contributed by atoms with van der Waals surface area (Å²) in [5.74, 6) is -0.229. The fourth-order valence-electron chi connectivity index (χ4n) is 3.11. The number of nitrogens with one attached hydrogen (secondary N) is 1. The van der Waals surface area contributed by atoms with Crippen molar-refractivity contribution in [2.24, 2.45) is 0 Å². The first-order chi connectivity index (χ1) is 15.2. The number of rotatable bonds is 5. The third-order valence-electron chi connectivity index (χ3n) is 4.66. The average Bonchev–Trinajstić information content (AvgIpc) is 3.11. The molecule has 2 aromatic carbocycles. The Morgan fingerprint density at radius 2 is 1.91 bits per heavy atom. The molecule has 0 radical (unpaired) electrons. The van der Waals surface area contributed by atoms with Gasteiger partial charge in [-0.1, -0.05) is 41.9 Å². The van der Waals surface area contributed by atoms with Crippen molar-refractivity contribution in [1.29, 1.82) is 0 Å². The number of hydrogen-bond acceptors (Lipinski definition) is 6. The number of hydrogen-bond donors (Lipinski definition) is 1. The Morgan fingerprint density at radius 1 is 1.16 bits per heavy atom. The van der Waals surface area contributed by atoms with Gasteiger partial charge in [0.05, 0.1) is 16.0 Å². The summed E-state index contributed by atoms with van der Waals surface area (Å²) in [5, 5.41) is 3.02. The van der Waals surface area contributed by atoms with E-state index in [0.29, 0.717) is 20.7 Å². The monoisotopic (exact) mass is 477 g/mol. The van der Waals surface area contributed by atoms with Crippen LogP contribution in [0.1, 0.15) is 26.4 Å². The Labute approximate surface area is 189 Å². The first-order valence-electron chi connectivity index (χ1n) is 9.33. The van der Waals surface area contributed by atoms with Crippen LogP contribution in [0.5, 0.6) is 0 Å². The Kier molecular flexibility index (Phi) is 6.03. The lowest BCUT2D eigenvalue weighted by Gasteiger charge is -2.12. The van der Waals surface area contributed by atoms with E-state index in [4.69, 9.17) is 16.3 Å². The van der Waals surface area contributed by atoms with Gasteiger partial charge in [0.1, 0.15) is 28.5 Å². The molecule has 0 saturated carbocycles. The number of thiophene rings is 1. The summed E-state index contributed by atoms with van der Waals surface area (Å²) < 4.78 is 45.0. The zero-order chi connectivity index (χ0) is 22.9. The van der Waals surface area contributed by atoms with Gasteiger partial charge in [0.2, 0.25) is 0 Å². The predicted molar refractivity (Wildman–Crippen MR) is 117 cm³/mol. The maximum atomic E-state index is 13.2. The molecule has 4 rings (SSSR count). The first kappa shape index (κ1) is 22.0. The first-order valence-corrected chi connectivity index (χ1v) is 10.5. The second kappa shape index (κ2) is 8.76. The SMILES string of the molecule is Cc1c(C(=O)OCc2ccccc2)sc2ncnc(Nc3ccc(Cl)c(C(F)(F)F)c3)c12. The number of fused-ring (bicyclic) bond motifs is 1. The molecular formula is C22H15ClF3N3O2S. The van der Waals surface area contributed by atoms with Crippen LogP contribution in [0, 0.1) is 6.92 Å². The number of alkyl halides is 3. The number of carbonyl (C=O) groups excluding carboxylic acids is 1. The summed E-state index contributed by atoms with van der Waals surface area (Å²) in [4.78, 5) is 21.9. The molecule has 10 heteroatoms. The molecule has 2 aromatic heterocycles. The summed E-state index contributed by atoms with van der Waals surface area (Å²) in [6, 6.07) is 12.8. The van der Waals surface area contributed by atoms with Crippen LogP contribution >= 0.6 is 22.9 Å². The van der Waals surface area contributed by atoms with Crippen LogP contribution in [0.4, 0.5) is 24.7 Å². The summed E-state index contributed by atoms with van der Waals surface area (Å²) in [7, 11) is 0. The van der Waals surface area contributed by atoms with E-state index >= 15 is 0 Å². The summed E-state index contributed by atoms with van der Waals surface area (Å²) in [5.41, 5.74) is 0.628. The van der Waals surface area contributed by atoms with Crippen LogP contribution in [0.25, 0.3) is 10.2 Å². The molecule has 164 valence electrons. The highest BCUT2D eigenvalue weighted by molar-refractivity contribution is 7.20. The van der Waals surface area contributed by atoms with Crippen molar-refractivity contribution in [1.82, 2.24) is 9.97 Å². The predicted octanol–water partition coefficient (Wildman–Crippen LogP) is 6.77. The highest BCUT2D eigenvalue weighted by Gasteiger charge is 2.33. The number of aromatic nitrogens is 2. The van der Waals surface area contributed by atoms with Crippen LogP contribution in [0.3, 0.4) is 0 Å². The van der Waals surface area contributed by atoms with Crippen molar-refractivity contribution >= 4 is 50.6 Å². The van der Waals surface area contributed by atoms with Crippen LogP contribution in [0.15, 0.2) is 54.9 Å². The second-order valence-electron chi connectivity index (χ2n) is 6.84. The third-order valence-corrected chi connectivity index (χ3v) is 6.17. The summed E-state index contributed by atoms with van der Waals surface area (Å²) >= 11 is 6.83. The lowest BCUT2D eigenvalue weighted by atomic mass is 10.1. The normalized spacial score (nSPS) is 11.5. The molecule has 32 heavy (non-hydrogen) atoms. The zero-order valence-electron chi connectivity index (χ0n) is 16.5. The van der Waals surface area contributed by atoms with Gasteiger partial charge < -0.3 is 10.1 Å². The molecule has 0 unspecified atom stereocenters. The maximum Gasteiger partial charge on any atom is 0.417 e. The molecule has 1 N–H and O–H groups in total. The van der Waals surface area contributed by atoms with Gasteiger partial charge in [0.15, 0.2) is 0 Å². The topological polar surface area (TPSA) is 64.1 Å². The zero-order valence-corrected chi connectivity index (χ0v) is 18.1. The molecule has 0 atom stereocenters. The molecular weight excluding hydrogens is 463 g/mol. The number of aryl methyl sites for hydroxylation is 1. The highest BCUT2D eigenvalue weighted by Crippen LogP contribution is 2.38. The number of anilines is 2. The van der Waals surface area contributed by atoms with Gasteiger partial charge in [-0.15, -0.1) is 11.3 Å². The van der Waals surface area contributed by atoms with Crippen molar-refractivity contribution < 1.29 is 22.7 Å². The fourth-order valence-corrected chi connectivity index (χ4v) is 4.37. The molecule has 0 fully saturated rings.